The Morgan fingerprint density at radius 1 is 0.871 bits per heavy atom. The van der Waals surface area contributed by atoms with Crippen molar-refractivity contribution in [2.24, 2.45) is 11.8 Å². The molecule has 2 bridgehead atoms. The van der Waals surface area contributed by atoms with Crippen molar-refractivity contribution in [2.75, 3.05) is 11.5 Å². The Hall–Kier alpha value is -2.92. The first-order chi connectivity index (χ1) is 15.1. The van der Waals surface area contributed by atoms with Crippen molar-refractivity contribution in [3.05, 3.63) is 95.1 Å². The Bertz CT molecular complexity index is 1190. The minimum absolute atomic E-state index is 0.124. The van der Waals surface area contributed by atoms with Crippen molar-refractivity contribution >= 4 is 33.4 Å². The van der Waals surface area contributed by atoms with Gasteiger partial charge < -0.3 is 4.74 Å². The van der Waals surface area contributed by atoms with E-state index in [4.69, 9.17) is 4.74 Å². The van der Waals surface area contributed by atoms with Crippen molar-refractivity contribution in [2.45, 2.75) is 17.2 Å². The Morgan fingerprint density at radius 3 is 2.03 bits per heavy atom. The molecule has 0 saturated carbocycles. The van der Waals surface area contributed by atoms with E-state index in [1.807, 2.05) is 43.3 Å². The van der Waals surface area contributed by atoms with E-state index in [0.29, 0.717) is 12.3 Å². The van der Waals surface area contributed by atoms with Gasteiger partial charge in [-0.2, -0.15) is 0 Å². The maximum absolute atomic E-state index is 13.8. The lowest BCUT2D eigenvalue weighted by atomic mass is 9.55. The molecule has 0 N–H and O–H groups in total. The summed E-state index contributed by atoms with van der Waals surface area (Å²) in [5.41, 5.74) is 5.05. The predicted molar refractivity (Wildman–Crippen MR) is 122 cm³/mol. The lowest BCUT2D eigenvalue weighted by Gasteiger charge is -2.51. The highest BCUT2D eigenvalue weighted by Crippen LogP contribution is 2.66. The smallest absolute Gasteiger partial charge is 0.239 e. The molecule has 1 saturated heterocycles. The van der Waals surface area contributed by atoms with Gasteiger partial charge in [-0.15, -0.1) is 0 Å². The first-order valence-corrected chi connectivity index (χ1v) is 11.3. The number of hydrogen-bond donors (Lipinski definition) is 0. The molecule has 7 rings (SSSR count). The lowest BCUT2D eigenvalue weighted by molar-refractivity contribution is -0.122. The van der Waals surface area contributed by atoms with E-state index in [-0.39, 0.29) is 17.7 Å². The molecule has 2 atom stereocenters. The van der Waals surface area contributed by atoms with Gasteiger partial charge in [0.05, 0.1) is 28.5 Å². The number of imide groups is 1. The lowest BCUT2D eigenvalue weighted by Crippen LogP contribution is -2.50. The third-order valence-corrected chi connectivity index (χ3v) is 8.27. The molecule has 3 aliphatic carbocycles. The van der Waals surface area contributed by atoms with Crippen LogP contribution in [0.25, 0.3) is 0 Å². The largest absolute Gasteiger partial charge is 0.494 e. The summed E-state index contributed by atoms with van der Waals surface area (Å²) < 4.78 is 4.80. The molecule has 0 radical (unpaired) electrons. The number of ether oxygens (including phenoxy) is 1. The fourth-order valence-corrected chi connectivity index (χ4v) is 6.99. The van der Waals surface area contributed by atoms with Crippen molar-refractivity contribution in [3.63, 3.8) is 0 Å². The summed E-state index contributed by atoms with van der Waals surface area (Å²) in [6.45, 7) is 2.49. The maximum atomic E-state index is 13.8. The van der Waals surface area contributed by atoms with Crippen LogP contribution in [0.15, 0.2) is 72.8 Å². The molecule has 4 aliphatic rings. The molecule has 31 heavy (non-hydrogen) atoms. The van der Waals surface area contributed by atoms with Crippen LogP contribution in [0, 0.1) is 11.8 Å². The van der Waals surface area contributed by atoms with Gasteiger partial charge in [-0.1, -0.05) is 64.5 Å². The second-order valence-electron chi connectivity index (χ2n) is 8.31. The first-order valence-electron chi connectivity index (χ1n) is 10.6. The Labute approximate surface area is 189 Å². The quantitative estimate of drug-likeness (QED) is 0.397. The SMILES string of the molecule is CCOc1ccc(N2C(=O)[C@@H]3[C@@H](C2=O)C2c4ccccc4C3(Br)c3ccccc32)cc1. The zero-order valence-electron chi connectivity index (χ0n) is 16.9. The number of amides is 2. The number of alkyl halides is 1. The van der Waals surface area contributed by atoms with E-state index in [1.165, 1.54) is 4.90 Å². The third-order valence-electron chi connectivity index (χ3n) is 6.92. The minimum atomic E-state index is -0.716. The van der Waals surface area contributed by atoms with Gasteiger partial charge in [0.1, 0.15) is 5.75 Å². The summed E-state index contributed by atoms with van der Waals surface area (Å²) in [4.78, 5) is 29.0. The van der Waals surface area contributed by atoms with Crippen LogP contribution in [-0.4, -0.2) is 18.4 Å². The van der Waals surface area contributed by atoms with Crippen molar-refractivity contribution < 1.29 is 14.3 Å². The van der Waals surface area contributed by atoms with E-state index >= 15 is 0 Å². The topological polar surface area (TPSA) is 46.6 Å². The van der Waals surface area contributed by atoms with Crippen LogP contribution < -0.4 is 9.64 Å². The van der Waals surface area contributed by atoms with Crippen LogP contribution in [-0.2, 0) is 13.9 Å². The molecule has 1 aliphatic heterocycles. The molecule has 0 aromatic heterocycles. The van der Waals surface area contributed by atoms with E-state index < -0.39 is 16.2 Å². The van der Waals surface area contributed by atoms with Gasteiger partial charge in [0, 0.05) is 5.92 Å². The zero-order valence-corrected chi connectivity index (χ0v) is 18.5. The standard InChI is InChI=1S/C26H20BrNO3/c1-2-31-16-13-11-15(12-14-16)28-24(29)22-21-17-7-3-5-9-19(17)26(27,23(22)25(28)30)20-10-6-4-8-18(20)21/h3-14,21-23H,2H2,1H3/t21?,22-,23-,26?/m0/s1. The molecule has 154 valence electrons. The zero-order chi connectivity index (χ0) is 21.3. The van der Waals surface area contributed by atoms with Crippen LogP contribution in [0.4, 0.5) is 5.69 Å². The molecule has 3 aromatic rings. The highest BCUT2D eigenvalue weighted by molar-refractivity contribution is 9.09. The number of rotatable bonds is 3. The molecule has 5 heteroatoms. The van der Waals surface area contributed by atoms with Gasteiger partial charge in [0.15, 0.2) is 0 Å². The monoisotopic (exact) mass is 473 g/mol. The fraction of sp³-hybridized carbons (Fsp3) is 0.231. The number of carbonyl (C=O) groups excluding carboxylic acids is 2. The van der Waals surface area contributed by atoms with Crippen LogP contribution >= 0.6 is 15.9 Å². The minimum Gasteiger partial charge on any atom is -0.494 e. The van der Waals surface area contributed by atoms with E-state index in [1.54, 1.807) is 12.1 Å². The van der Waals surface area contributed by atoms with E-state index in [2.05, 4.69) is 40.2 Å². The van der Waals surface area contributed by atoms with Crippen LogP contribution in [0.2, 0.25) is 0 Å². The summed E-state index contributed by atoms with van der Waals surface area (Å²) in [6.07, 6.45) is 0. The molecular formula is C26H20BrNO3. The average Bonchev–Trinajstić information content (AvgIpc) is 3.07. The molecule has 0 unspecified atom stereocenters. The number of hydrogen-bond acceptors (Lipinski definition) is 3. The molecule has 1 fully saturated rings. The molecule has 3 aromatic carbocycles. The summed E-state index contributed by atoms with van der Waals surface area (Å²) in [7, 11) is 0. The summed E-state index contributed by atoms with van der Waals surface area (Å²) in [5.74, 6) is -0.591. The van der Waals surface area contributed by atoms with E-state index in [9.17, 15) is 9.59 Å². The average molecular weight is 474 g/mol. The van der Waals surface area contributed by atoms with Crippen molar-refractivity contribution in [1.29, 1.82) is 0 Å². The number of halogens is 1. The van der Waals surface area contributed by atoms with Gasteiger partial charge in [0.25, 0.3) is 0 Å². The normalized spacial score (nSPS) is 27.7. The van der Waals surface area contributed by atoms with Crippen molar-refractivity contribution in [1.82, 2.24) is 0 Å². The van der Waals surface area contributed by atoms with Crippen LogP contribution in [0.3, 0.4) is 0 Å². The Balaban J connectivity index is 1.53. The van der Waals surface area contributed by atoms with E-state index in [0.717, 1.165) is 28.0 Å². The number of carbonyl (C=O) groups is 2. The highest BCUT2D eigenvalue weighted by atomic mass is 79.9. The van der Waals surface area contributed by atoms with Gasteiger partial charge >= 0.3 is 0 Å². The van der Waals surface area contributed by atoms with Crippen LogP contribution in [0.1, 0.15) is 35.1 Å². The van der Waals surface area contributed by atoms with Gasteiger partial charge in [-0.05, 0) is 53.4 Å². The predicted octanol–water partition coefficient (Wildman–Crippen LogP) is 4.99. The molecule has 0 spiro atoms. The Morgan fingerprint density at radius 2 is 1.45 bits per heavy atom. The molecule has 1 heterocycles. The Kier molecular flexibility index (Phi) is 3.97. The molecule has 2 amide bonds. The van der Waals surface area contributed by atoms with Gasteiger partial charge in [0.2, 0.25) is 11.8 Å². The third kappa shape index (κ3) is 2.30. The highest BCUT2D eigenvalue weighted by Gasteiger charge is 2.67. The summed E-state index contributed by atoms with van der Waals surface area (Å²) >= 11 is 4.02. The van der Waals surface area contributed by atoms with Crippen LogP contribution in [0.5, 0.6) is 5.75 Å². The second-order valence-corrected chi connectivity index (χ2v) is 9.56. The number of anilines is 1. The second kappa shape index (κ2) is 6.54. The number of nitrogens with zero attached hydrogens (tertiary/aromatic N) is 1. The number of benzene rings is 3. The van der Waals surface area contributed by atoms with Gasteiger partial charge in [-0.3, -0.25) is 9.59 Å². The molecule has 4 nitrogen and oxygen atoms in total. The summed E-state index contributed by atoms with van der Waals surface area (Å²) in [5, 5.41) is 0. The van der Waals surface area contributed by atoms with Gasteiger partial charge in [-0.25, -0.2) is 4.90 Å². The maximum Gasteiger partial charge on any atom is 0.239 e. The summed E-state index contributed by atoms with van der Waals surface area (Å²) in [6, 6.07) is 23.6. The first kappa shape index (κ1) is 18.8. The van der Waals surface area contributed by atoms with Crippen molar-refractivity contribution in [3.8, 4) is 5.75 Å². The fourth-order valence-electron chi connectivity index (χ4n) is 5.79. The molecular weight excluding hydrogens is 454 g/mol.